The number of aryl methyl sites for hydroxylation is 2. The van der Waals surface area contributed by atoms with Gasteiger partial charge < -0.3 is 5.32 Å². The predicted molar refractivity (Wildman–Crippen MR) is 78.0 cm³/mol. The normalized spacial score (nSPS) is 20.1. The number of nitrogens with zero attached hydrogens (tertiary/aromatic N) is 4. The van der Waals surface area contributed by atoms with Crippen molar-refractivity contribution in [2.24, 2.45) is 5.92 Å². The van der Waals surface area contributed by atoms with Crippen LogP contribution in [0.3, 0.4) is 0 Å². The molecule has 1 N–H and O–H groups in total. The van der Waals surface area contributed by atoms with Gasteiger partial charge in [-0.15, -0.1) is 0 Å². The zero-order chi connectivity index (χ0) is 15.0. The first-order chi connectivity index (χ1) is 10.0. The molecular formula is C14H14ClN5O. The summed E-state index contributed by atoms with van der Waals surface area (Å²) in [7, 11) is 0. The minimum absolute atomic E-state index is 0.0840. The molecule has 3 rings (SSSR count). The number of rotatable bonds is 3. The molecule has 1 aliphatic carbocycles. The molecule has 0 radical (unpaired) electrons. The molecule has 0 saturated heterocycles. The van der Waals surface area contributed by atoms with Crippen LogP contribution in [0.5, 0.6) is 0 Å². The van der Waals surface area contributed by atoms with Crippen LogP contribution in [0.15, 0.2) is 18.3 Å². The second kappa shape index (κ2) is 5.37. The Morgan fingerprint density at radius 2 is 2.14 bits per heavy atom. The van der Waals surface area contributed by atoms with Gasteiger partial charge in [-0.25, -0.2) is 19.9 Å². The highest BCUT2D eigenvalue weighted by Crippen LogP contribution is 2.46. The van der Waals surface area contributed by atoms with Gasteiger partial charge in [0.25, 0.3) is 0 Å². The number of nitrogens with one attached hydrogen (secondary N) is 1. The molecule has 1 saturated carbocycles. The van der Waals surface area contributed by atoms with Crippen molar-refractivity contribution in [1.29, 1.82) is 0 Å². The first kappa shape index (κ1) is 13.9. The Balaban J connectivity index is 1.68. The summed E-state index contributed by atoms with van der Waals surface area (Å²) in [6, 6.07) is 3.37. The number of anilines is 1. The van der Waals surface area contributed by atoms with Gasteiger partial charge in [-0.05, 0) is 26.3 Å². The fourth-order valence-electron chi connectivity index (χ4n) is 2.23. The van der Waals surface area contributed by atoms with Crippen LogP contribution >= 0.6 is 11.6 Å². The number of hydrogen-bond acceptors (Lipinski definition) is 5. The lowest BCUT2D eigenvalue weighted by Crippen LogP contribution is -2.16. The van der Waals surface area contributed by atoms with Gasteiger partial charge in [0, 0.05) is 29.8 Å². The lowest BCUT2D eigenvalue weighted by atomic mass is 10.2. The largest absolute Gasteiger partial charge is 0.310 e. The van der Waals surface area contributed by atoms with E-state index in [1.165, 1.54) is 6.07 Å². The molecule has 6 nitrogen and oxygen atoms in total. The lowest BCUT2D eigenvalue weighted by molar-refractivity contribution is -0.117. The van der Waals surface area contributed by atoms with E-state index in [1.54, 1.807) is 13.1 Å². The summed E-state index contributed by atoms with van der Waals surface area (Å²) in [5, 5.41) is 3.08. The standard InChI is InChI=1S/C14H14ClN5O/c1-7-3-4-16-13(17-7)9-5-10(9)14(21)20-12-6-11(15)18-8(2)19-12/h3-4,6,9-10H,5H2,1-2H3,(H,18,19,20,21)/t9-,10-/m0/s1. The third kappa shape index (κ3) is 3.16. The molecule has 108 valence electrons. The van der Waals surface area contributed by atoms with Crippen LogP contribution in [0.2, 0.25) is 5.15 Å². The van der Waals surface area contributed by atoms with Crippen molar-refractivity contribution in [3.8, 4) is 0 Å². The molecule has 1 aliphatic rings. The van der Waals surface area contributed by atoms with Gasteiger partial charge in [0.2, 0.25) is 5.91 Å². The number of carbonyl (C=O) groups is 1. The summed E-state index contributed by atoms with van der Waals surface area (Å²) >= 11 is 5.85. The number of amides is 1. The molecule has 0 aromatic carbocycles. The predicted octanol–water partition coefficient (Wildman–Crippen LogP) is 2.28. The highest BCUT2D eigenvalue weighted by molar-refractivity contribution is 6.29. The molecule has 2 atom stereocenters. The van der Waals surface area contributed by atoms with Crippen LogP contribution in [-0.4, -0.2) is 25.8 Å². The number of aromatic nitrogens is 4. The van der Waals surface area contributed by atoms with E-state index in [-0.39, 0.29) is 17.7 Å². The average Bonchev–Trinajstić information content (AvgIpc) is 3.17. The fourth-order valence-corrected chi connectivity index (χ4v) is 2.46. The van der Waals surface area contributed by atoms with E-state index in [2.05, 4.69) is 25.3 Å². The van der Waals surface area contributed by atoms with Crippen molar-refractivity contribution in [3.63, 3.8) is 0 Å². The van der Waals surface area contributed by atoms with E-state index in [0.717, 1.165) is 17.9 Å². The van der Waals surface area contributed by atoms with E-state index in [9.17, 15) is 4.79 Å². The van der Waals surface area contributed by atoms with Gasteiger partial charge in [0.05, 0.1) is 0 Å². The topological polar surface area (TPSA) is 80.7 Å². The quantitative estimate of drug-likeness (QED) is 0.880. The van der Waals surface area contributed by atoms with Crippen LogP contribution in [0.1, 0.15) is 29.7 Å². The van der Waals surface area contributed by atoms with Crippen LogP contribution in [0, 0.1) is 19.8 Å². The van der Waals surface area contributed by atoms with Gasteiger partial charge >= 0.3 is 0 Å². The van der Waals surface area contributed by atoms with Crippen molar-refractivity contribution in [1.82, 2.24) is 19.9 Å². The van der Waals surface area contributed by atoms with Crippen molar-refractivity contribution < 1.29 is 4.79 Å². The number of halogens is 1. The molecule has 2 heterocycles. The maximum atomic E-state index is 12.2. The Hall–Kier alpha value is -2.08. The third-order valence-electron chi connectivity index (χ3n) is 3.33. The number of hydrogen-bond donors (Lipinski definition) is 1. The van der Waals surface area contributed by atoms with Crippen LogP contribution < -0.4 is 5.32 Å². The zero-order valence-corrected chi connectivity index (χ0v) is 12.4. The van der Waals surface area contributed by atoms with Crippen molar-refractivity contribution >= 4 is 23.3 Å². The molecule has 7 heteroatoms. The van der Waals surface area contributed by atoms with Crippen LogP contribution in [0.25, 0.3) is 0 Å². The van der Waals surface area contributed by atoms with Crippen molar-refractivity contribution in [2.75, 3.05) is 5.32 Å². The van der Waals surface area contributed by atoms with E-state index in [4.69, 9.17) is 11.6 Å². The summed E-state index contributed by atoms with van der Waals surface area (Å²) in [6.07, 6.45) is 2.48. The van der Waals surface area contributed by atoms with E-state index in [1.807, 2.05) is 13.0 Å². The summed E-state index contributed by atoms with van der Waals surface area (Å²) in [4.78, 5) is 28.9. The molecule has 0 aliphatic heterocycles. The maximum absolute atomic E-state index is 12.2. The number of carbonyl (C=O) groups excluding carboxylic acids is 1. The minimum Gasteiger partial charge on any atom is -0.310 e. The summed E-state index contributed by atoms with van der Waals surface area (Å²) in [5.41, 5.74) is 0.907. The highest BCUT2D eigenvalue weighted by Gasteiger charge is 2.46. The van der Waals surface area contributed by atoms with Gasteiger partial charge in [-0.3, -0.25) is 4.79 Å². The first-order valence-electron chi connectivity index (χ1n) is 6.64. The second-order valence-corrected chi connectivity index (χ2v) is 5.50. The Labute approximate surface area is 127 Å². The van der Waals surface area contributed by atoms with Crippen LogP contribution in [0.4, 0.5) is 5.82 Å². The molecule has 0 unspecified atom stereocenters. The molecule has 2 aromatic rings. The first-order valence-corrected chi connectivity index (χ1v) is 7.02. The van der Waals surface area contributed by atoms with Crippen molar-refractivity contribution in [3.05, 3.63) is 40.8 Å². The monoisotopic (exact) mass is 303 g/mol. The molecular weight excluding hydrogens is 290 g/mol. The fraction of sp³-hybridized carbons (Fsp3) is 0.357. The minimum atomic E-state index is -0.110. The van der Waals surface area contributed by atoms with E-state index < -0.39 is 0 Å². The summed E-state index contributed by atoms with van der Waals surface area (Å²) in [5.74, 6) is 1.57. The molecule has 2 aromatic heterocycles. The third-order valence-corrected chi connectivity index (χ3v) is 3.52. The molecule has 0 spiro atoms. The second-order valence-electron chi connectivity index (χ2n) is 5.12. The Morgan fingerprint density at radius 1 is 1.33 bits per heavy atom. The van der Waals surface area contributed by atoms with Gasteiger partial charge in [-0.2, -0.15) is 0 Å². The van der Waals surface area contributed by atoms with Crippen LogP contribution in [-0.2, 0) is 4.79 Å². The zero-order valence-electron chi connectivity index (χ0n) is 11.7. The molecule has 21 heavy (non-hydrogen) atoms. The molecule has 1 fully saturated rings. The SMILES string of the molecule is Cc1ccnc([C@H]2C[C@@H]2C(=O)Nc2cc(Cl)nc(C)n2)n1. The Morgan fingerprint density at radius 3 is 2.86 bits per heavy atom. The van der Waals surface area contributed by atoms with Gasteiger partial charge in [0.1, 0.15) is 22.6 Å². The summed E-state index contributed by atoms with van der Waals surface area (Å²) in [6.45, 7) is 3.64. The Kier molecular flexibility index (Phi) is 3.55. The summed E-state index contributed by atoms with van der Waals surface area (Å²) < 4.78 is 0. The van der Waals surface area contributed by atoms with Gasteiger partial charge in [0.15, 0.2) is 0 Å². The smallest absolute Gasteiger partial charge is 0.229 e. The van der Waals surface area contributed by atoms with E-state index >= 15 is 0 Å². The van der Waals surface area contributed by atoms with E-state index in [0.29, 0.717) is 16.8 Å². The van der Waals surface area contributed by atoms with Gasteiger partial charge in [-0.1, -0.05) is 11.6 Å². The highest BCUT2D eigenvalue weighted by atomic mass is 35.5. The molecule has 0 bridgehead atoms. The molecule has 1 amide bonds. The Bertz CT molecular complexity index is 685. The lowest BCUT2D eigenvalue weighted by Gasteiger charge is -2.05. The average molecular weight is 304 g/mol. The van der Waals surface area contributed by atoms with Crippen molar-refractivity contribution in [2.45, 2.75) is 26.2 Å². The maximum Gasteiger partial charge on any atom is 0.229 e.